The Labute approximate surface area is 203 Å². The number of ether oxygens (including phenoxy) is 2. The Morgan fingerprint density at radius 1 is 1.23 bits per heavy atom. The molecule has 2 aromatic rings. The molecule has 2 amide bonds. The van der Waals surface area contributed by atoms with Crippen LogP contribution < -0.4 is 10.2 Å². The second-order valence-electron chi connectivity index (χ2n) is 9.53. The third kappa shape index (κ3) is 5.39. The third-order valence-electron chi connectivity index (χ3n) is 5.87. The summed E-state index contributed by atoms with van der Waals surface area (Å²) in [5.74, 6) is 0.285. The predicted molar refractivity (Wildman–Crippen MR) is 125 cm³/mol. The molecule has 35 heavy (non-hydrogen) atoms. The first-order valence-corrected chi connectivity index (χ1v) is 11.4. The lowest BCUT2D eigenvalue weighted by Gasteiger charge is -2.40. The van der Waals surface area contributed by atoms with E-state index in [2.05, 4.69) is 9.97 Å². The van der Waals surface area contributed by atoms with Gasteiger partial charge in [0.2, 0.25) is 5.88 Å². The van der Waals surface area contributed by atoms with Gasteiger partial charge in [0.05, 0.1) is 31.6 Å². The van der Waals surface area contributed by atoms with Gasteiger partial charge in [-0.05, 0) is 50.4 Å². The number of amides is 2. The van der Waals surface area contributed by atoms with Crippen LogP contribution in [0, 0.1) is 6.92 Å². The first kappa shape index (κ1) is 24.9. The number of piperazine rings is 1. The van der Waals surface area contributed by atoms with E-state index in [4.69, 9.17) is 14.1 Å². The molecule has 0 spiro atoms. The van der Waals surface area contributed by atoms with Gasteiger partial charge in [0.25, 0.3) is 5.91 Å². The Morgan fingerprint density at radius 2 is 2.00 bits per heavy atom. The van der Waals surface area contributed by atoms with Crippen LogP contribution in [0.4, 0.5) is 4.79 Å². The fraction of sp³-hybridized carbons (Fsp3) is 0.478. The van der Waals surface area contributed by atoms with Crippen molar-refractivity contribution in [1.82, 2.24) is 19.8 Å². The molecule has 1 fully saturated rings. The molecule has 1 aromatic carbocycles. The van der Waals surface area contributed by atoms with Crippen LogP contribution in [0.15, 0.2) is 24.5 Å². The molecule has 0 saturated carbocycles. The van der Waals surface area contributed by atoms with Crippen LogP contribution in [0.3, 0.4) is 0 Å². The van der Waals surface area contributed by atoms with Gasteiger partial charge in [-0.2, -0.15) is 0 Å². The average Bonchev–Trinajstić information content (AvgIpc) is 3.20. The molecule has 2 N–H and O–H groups in total. The van der Waals surface area contributed by atoms with Crippen molar-refractivity contribution < 1.29 is 33.8 Å². The van der Waals surface area contributed by atoms with Gasteiger partial charge in [0, 0.05) is 19.6 Å². The van der Waals surface area contributed by atoms with Gasteiger partial charge in [0.1, 0.15) is 17.0 Å². The summed E-state index contributed by atoms with van der Waals surface area (Å²) in [6.07, 6.45) is 2.18. The molecule has 11 nitrogen and oxygen atoms in total. The minimum absolute atomic E-state index is 0.0935. The van der Waals surface area contributed by atoms with Crippen LogP contribution in [0.25, 0.3) is 0 Å². The molecular formula is C23H29BN4O7. The van der Waals surface area contributed by atoms with Crippen LogP contribution in [-0.4, -0.2) is 86.9 Å². The minimum atomic E-state index is -0.991. The maximum Gasteiger partial charge on any atom is 0.492 e. The summed E-state index contributed by atoms with van der Waals surface area (Å²) in [4.78, 5) is 36.8. The van der Waals surface area contributed by atoms with Crippen molar-refractivity contribution in [3.8, 4) is 11.6 Å². The van der Waals surface area contributed by atoms with E-state index in [1.54, 1.807) is 26.8 Å². The van der Waals surface area contributed by atoms with E-state index in [0.29, 0.717) is 17.8 Å². The first-order valence-electron chi connectivity index (χ1n) is 11.4. The summed E-state index contributed by atoms with van der Waals surface area (Å²) >= 11 is 0. The number of hydrogen-bond acceptors (Lipinski definition) is 9. The van der Waals surface area contributed by atoms with Gasteiger partial charge in [-0.25, -0.2) is 14.8 Å². The molecule has 1 aromatic heterocycles. The normalized spacial score (nSPS) is 17.9. The summed E-state index contributed by atoms with van der Waals surface area (Å²) in [5, 5.41) is 19.9. The third-order valence-corrected chi connectivity index (χ3v) is 5.87. The number of carbonyl (C=O) groups excluding carboxylic acids is 2. The van der Waals surface area contributed by atoms with E-state index in [1.165, 1.54) is 22.2 Å². The number of aliphatic hydroxyl groups excluding tert-OH is 1. The van der Waals surface area contributed by atoms with Gasteiger partial charge in [-0.3, -0.25) is 4.79 Å². The zero-order chi connectivity index (χ0) is 25.3. The summed E-state index contributed by atoms with van der Waals surface area (Å²) < 4.78 is 16.5. The zero-order valence-electron chi connectivity index (χ0n) is 20.2. The second kappa shape index (κ2) is 9.80. The number of aliphatic hydroxyl groups is 1. The quantitative estimate of drug-likeness (QED) is 0.606. The summed E-state index contributed by atoms with van der Waals surface area (Å²) in [6.45, 7) is 7.85. The van der Waals surface area contributed by atoms with E-state index < -0.39 is 30.8 Å². The minimum Gasteiger partial charge on any atom is -0.444 e. The highest BCUT2D eigenvalue weighted by Crippen LogP contribution is 2.26. The van der Waals surface area contributed by atoms with Crippen molar-refractivity contribution in [3.63, 3.8) is 0 Å². The predicted octanol–water partition coefficient (Wildman–Crippen LogP) is 0.849. The molecular weight excluding hydrogens is 455 g/mol. The van der Waals surface area contributed by atoms with Gasteiger partial charge in [0.15, 0.2) is 0 Å². The van der Waals surface area contributed by atoms with Gasteiger partial charge >= 0.3 is 13.2 Å². The number of carbonyl (C=O) groups is 2. The Hall–Kier alpha value is -3.22. The number of hydrogen-bond donors (Lipinski definition) is 2. The average molecular weight is 484 g/mol. The molecule has 2 aliphatic heterocycles. The second-order valence-corrected chi connectivity index (χ2v) is 9.53. The standard InChI is InChI=1S/C23H29BN4O7/c1-14-18(6-5-15-13-33-24(32)20(14)15)34-19-10-25-17(9-26-19)21(30)28-8-7-27(11-16(28)12-29)22(31)35-23(2,3)4/h5-6,9-10,16,29,32H,7-8,11-13H2,1-4H3/t16-/m0/s1. The van der Waals surface area contributed by atoms with Crippen LogP contribution in [0.5, 0.6) is 11.6 Å². The summed E-state index contributed by atoms with van der Waals surface area (Å²) in [6, 6.07) is 3.00. The molecule has 1 atom stereocenters. The lowest BCUT2D eigenvalue weighted by molar-refractivity contribution is -0.00258. The van der Waals surface area contributed by atoms with Crippen molar-refractivity contribution in [2.75, 3.05) is 26.2 Å². The van der Waals surface area contributed by atoms with Crippen LogP contribution >= 0.6 is 0 Å². The highest BCUT2D eigenvalue weighted by Gasteiger charge is 2.35. The van der Waals surface area contributed by atoms with Gasteiger partial charge < -0.3 is 34.1 Å². The van der Waals surface area contributed by atoms with Crippen LogP contribution in [0.1, 0.15) is 42.4 Å². The van der Waals surface area contributed by atoms with Crippen molar-refractivity contribution in [2.45, 2.75) is 45.9 Å². The smallest absolute Gasteiger partial charge is 0.444 e. The highest BCUT2D eigenvalue weighted by molar-refractivity contribution is 6.62. The molecule has 186 valence electrons. The first-order chi connectivity index (χ1) is 16.6. The lowest BCUT2D eigenvalue weighted by atomic mass is 9.76. The molecule has 1 saturated heterocycles. The lowest BCUT2D eigenvalue weighted by Crippen LogP contribution is -2.58. The van der Waals surface area contributed by atoms with Gasteiger partial charge in [-0.15, -0.1) is 0 Å². The zero-order valence-corrected chi connectivity index (χ0v) is 20.2. The Morgan fingerprint density at radius 3 is 2.66 bits per heavy atom. The largest absolute Gasteiger partial charge is 0.492 e. The van der Waals surface area contributed by atoms with E-state index in [0.717, 1.165) is 11.1 Å². The van der Waals surface area contributed by atoms with Gasteiger partial charge in [-0.1, -0.05) is 6.07 Å². The van der Waals surface area contributed by atoms with E-state index in [9.17, 15) is 19.7 Å². The van der Waals surface area contributed by atoms with E-state index in [1.807, 2.05) is 13.0 Å². The number of nitrogens with zero attached hydrogens (tertiary/aromatic N) is 4. The summed E-state index contributed by atoms with van der Waals surface area (Å²) in [7, 11) is -0.991. The number of fused-ring (bicyclic) bond motifs is 1. The topological polar surface area (TPSA) is 135 Å². The SMILES string of the molecule is Cc1c(Oc2cnc(C(=O)N3CCN(C(=O)OC(C)(C)C)C[C@H]3CO)cn2)ccc2c1B(O)OC2. The Bertz CT molecular complexity index is 1110. The van der Waals surface area contributed by atoms with Crippen molar-refractivity contribution >= 4 is 24.6 Å². The molecule has 0 aliphatic carbocycles. The molecule has 4 rings (SSSR count). The number of benzene rings is 1. The Balaban J connectivity index is 1.42. The highest BCUT2D eigenvalue weighted by atomic mass is 16.6. The van der Waals surface area contributed by atoms with Crippen molar-refractivity contribution in [1.29, 1.82) is 0 Å². The molecule has 2 aliphatic rings. The fourth-order valence-electron chi connectivity index (χ4n) is 4.11. The van der Waals surface area contributed by atoms with E-state index in [-0.39, 0.29) is 37.8 Å². The molecule has 0 bridgehead atoms. The summed E-state index contributed by atoms with van der Waals surface area (Å²) in [5.41, 5.74) is 1.78. The molecule has 0 unspecified atom stereocenters. The number of aromatic nitrogens is 2. The van der Waals surface area contributed by atoms with Crippen molar-refractivity contribution in [3.05, 3.63) is 41.3 Å². The fourth-order valence-corrected chi connectivity index (χ4v) is 4.11. The molecule has 0 radical (unpaired) electrons. The maximum absolute atomic E-state index is 13.1. The van der Waals surface area contributed by atoms with Crippen molar-refractivity contribution in [2.24, 2.45) is 0 Å². The van der Waals surface area contributed by atoms with Crippen LogP contribution in [-0.2, 0) is 16.0 Å². The Kier molecular flexibility index (Phi) is 6.97. The van der Waals surface area contributed by atoms with Crippen LogP contribution in [0.2, 0.25) is 0 Å². The number of rotatable bonds is 4. The molecule has 12 heteroatoms. The maximum atomic E-state index is 13.1. The molecule has 3 heterocycles. The monoisotopic (exact) mass is 484 g/mol. The van der Waals surface area contributed by atoms with E-state index >= 15 is 0 Å².